The quantitative estimate of drug-likeness (QED) is 0.797. The van der Waals surface area contributed by atoms with Gasteiger partial charge in [-0.15, -0.1) is 0 Å². The fraction of sp³-hybridized carbons (Fsp3) is 0.381. The molecule has 1 aliphatic rings. The number of hydrogen-bond acceptors (Lipinski definition) is 4. The molecule has 1 amide bonds. The molecule has 0 aromatic heterocycles. The van der Waals surface area contributed by atoms with Crippen molar-refractivity contribution in [1.82, 2.24) is 4.31 Å². The molecule has 2 aromatic carbocycles. The highest BCUT2D eigenvalue weighted by molar-refractivity contribution is 7.89. The lowest BCUT2D eigenvalue weighted by Gasteiger charge is -2.23. The maximum Gasteiger partial charge on any atom is 0.255 e. The second-order valence-electron chi connectivity index (χ2n) is 6.98. The van der Waals surface area contributed by atoms with Crippen molar-refractivity contribution in [2.45, 2.75) is 44.0 Å². The highest BCUT2D eigenvalue weighted by atomic mass is 32.2. The molecule has 1 aliphatic heterocycles. The predicted molar refractivity (Wildman–Crippen MR) is 109 cm³/mol. The number of carbonyl (C=O) groups excluding carboxylic acids is 1. The SMILES string of the molecule is CCC1CCCN1S(=O)(=O)c1ccc(NC(=O)c2ccc(OC)c(C)c2)cc1. The number of aryl methyl sites for hydroxylation is 1. The monoisotopic (exact) mass is 402 g/mol. The molecule has 150 valence electrons. The second-order valence-corrected chi connectivity index (χ2v) is 8.87. The minimum absolute atomic E-state index is 0.0719. The van der Waals surface area contributed by atoms with Gasteiger partial charge in [0.25, 0.3) is 5.91 Å². The van der Waals surface area contributed by atoms with Gasteiger partial charge in [-0.1, -0.05) is 6.92 Å². The Bertz CT molecular complexity index is 955. The van der Waals surface area contributed by atoms with Gasteiger partial charge in [-0.2, -0.15) is 4.31 Å². The fourth-order valence-corrected chi connectivity index (χ4v) is 5.37. The van der Waals surface area contributed by atoms with Crippen molar-refractivity contribution in [3.05, 3.63) is 53.6 Å². The van der Waals surface area contributed by atoms with Crippen LogP contribution in [0.2, 0.25) is 0 Å². The summed E-state index contributed by atoms with van der Waals surface area (Å²) < 4.78 is 32.6. The third-order valence-electron chi connectivity index (χ3n) is 5.17. The van der Waals surface area contributed by atoms with Gasteiger partial charge in [0.1, 0.15) is 5.75 Å². The van der Waals surface area contributed by atoms with Crippen LogP contribution in [0.3, 0.4) is 0 Å². The van der Waals surface area contributed by atoms with Crippen LogP contribution in [0, 0.1) is 6.92 Å². The number of anilines is 1. The Morgan fingerprint density at radius 1 is 1.21 bits per heavy atom. The van der Waals surface area contributed by atoms with Gasteiger partial charge < -0.3 is 10.1 Å². The van der Waals surface area contributed by atoms with Gasteiger partial charge in [0.2, 0.25) is 10.0 Å². The standard InChI is InChI=1S/C21H26N2O4S/c1-4-18-6-5-13-23(18)28(25,26)19-10-8-17(9-11-19)22-21(24)16-7-12-20(27-3)15(2)14-16/h7-12,14,18H,4-6,13H2,1-3H3,(H,22,24). The number of amides is 1. The Balaban J connectivity index is 1.74. The van der Waals surface area contributed by atoms with Crippen LogP contribution in [0.15, 0.2) is 47.4 Å². The van der Waals surface area contributed by atoms with Crippen molar-refractivity contribution in [2.75, 3.05) is 19.0 Å². The summed E-state index contributed by atoms with van der Waals surface area (Å²) in [6.45, 7) is 4.45. The zero-order valence-electron chi connectivity index (χ0n) is 16.4. The molecular formula is C21H26N2O4S. The van der Waals surface area contributed by atoms with Gasteiger partial charge in [-0.25, -0.2) is 8.42 Å². The molecule has 0 aliphatic carbocycles. The molecule has 1 heterocycles. The number of carbonyl (C=O) groups is 1. The number of rotatable bonds is 6. The first kappa shape index (κ1) is 20.4. The Hall–Kier alpha value is -2.38. The Kier molecular flexibility index (Phi) is 6.05. The van der Waals surface area contributed by atoms with Crippen LogP contribution >= 0.6 is 0 Å². The number of hydrogen-bond donors (Lipinski definition) is 1. The lowest BCUT2D eigenvalue weighted by Crippen LogP contribution is -2.35. The summed E-state index contributed by atoms with van der Waals surface area (Å²) in [4.78, 5) is 12.7. The highest BCUT2D eigenvalue weighted by Crippen LogP contribution is 2.28. The van der Waals surface area contributed by atoms with E-state index in [1.54, 1.807) is 53.9 Å². The van der Waals surface area contributed by atoms with E-state index in [4.69, 9.17) is 4.74 Å². The number of benzene rings is 2. The normalized spacial score (nSPS) is 17.5. The van der Waals surface area contributed by atoms with Gasteiger partial charge in [0.15, 0.2) is 0 Å². The van der Waals surface area contributed by atoms with Crippen LogP contribution < -0.4 is 10.1 Å². The van der Waals surface area contributed by atoms with E-state index in [0.29, 0.717) is 17.8 Å². The molecular weight excluding hydrogens is 376 g/mol. The maximum atomic E-state index is 12.9. The molecule has 0 saturated carbocycles. The van der Waals surface area contributed by atoms with E-state index in [2.05, 4.69) is 5.32 Å². The number of nitrogens with zero attached hydrogens (tertiary/aromatic N) is 1. The van der Waals surface area contributed by atoms with Gasteiger partial charge in [-0.05, 0) is 74.2 Å². The number of ether oxygens (including phenoxy) is 1. The van der Waals surface area contributed by atoms with Crippen molar-refractivity contribution < 1.29 is 17.9 Å². The molecule has 0 radical (unpaired) electrons. The minimum Gasteiger partial charge on any atom is -0.496 e. The van der Waals surface area contributed by atoms with E-state index in [1.165, 1.54) is 0 Å². The van der Waals surface area contributed by atoms with Crippen LogP contribution in [0.1, 0.15) is 42.1 Å². The molecule has 1 fully saturated rings. The van der Waals surface area contributed by atoms with E-state index in [1.807, 2.05) is 13.8 Å². The number of methoxy groups -OCH3 is 1. The third-order valence-corrected chi connectivity index (χ3v) is 7.14. The summed E-state index contributed by atoms with van der Waals surface area (Å²) in [6, 6.07) is 11.6. The molecule has 0 bridgehead atoms. The van der Waals surface area contributed by atoms with Crippen molar-refractivity contribution in [3.8, 4) is 5.75 Å². The summed E-state index contributed by atoms with van der Waals surface area (Å²) in [5, 5.41) is 2.80. The molecule has 7 heteroatoms. The zero-order chi connectivity index (χ0) is 20.3. The van der Waals surface area contributed by atoms with Crippen molar-refractivity contribution in [1.29, 1.82) is 0 Å². The Labute approximate surface area is 166 Å². The van der Waals surface area contributed by atoms with Gasteiger partial charge in [0.05, 0.1) is 12.0 Å². The molecule has 1 atom stereocenters. The lowest BCUT2D eigenvalue weighted by molar-refractivity contribution is 0.102. The van der Waals surface area contributed by atoms with Crippen LogP contribution in [0.25, 0.3) is 0 Å². The van der Waals surface area contributed by atoms with Crippen LogP contribution in [0.5, 0.6) is 5.75 Å². The molecule has 28 heavy (non-hydrogen) atoms. The number of nitrogens with one attached hydrogen (secondary N) is 1. The second kappa shape index (κ2) is 8.32. The van der Waals surface area contributed by atoms with Crippen LogP contribution in [0.4, 0.5) is 5.69 Å². The zero-order valence-corrected chi connectivity index (χ0v) is 17.3. The molecule has 0 spiro atoms. The first-order chi connectivity index (χ1) is 13.4. The van der Waals surface area contributed by atoms with Crippen molar-refractivity contribution >= 4 is 21.6 Å². The fourth-order valence-electron chi connectivity index (χ4n) is 3.60. The summed E-state index contributed by atoms with van der Waals surface area (Å²) in [6.07, 6.45) is 2.62. The largest absolute Gasteiger partial charge is 0.496 e. The highest BCUT2D eigenvalue weighted by Gasteiger charge is 2.34. The van der Waals surface area contributed by atoms with Gasteiger partial charge in [0, 0.05) is 23.8 Å². The molecule has 2 aromatic rings. The van der Waals surface area contributed by atoms with Gasteiger partial charge >= 0.3 is 0 Å². The van der Waals surface area contributed by atoms with E-state index >= 15 is 0 Å². The summed E-state index contributed by atoms with van der Waals surface area (Å²) in [7, 11) is -1.92. The van der Waals surface area contributed by atoms with Gasteiger partial charge in [-0.3, -0.25) is 4.79 Å². The Morgan fingerprint density at radius 3 is 2.54 bits per heavy atom. The van der Waals surface area contributed by atoms with E-state index in [-0.39, 0.29) is 16.8 Å². The Morgan fingerprint density at radius 2 is 1.93 bits per heavy atom. The molecule has 1 unspecified atom stereocenters. The van der Waals surface area contributed by atoms with Crippen molar-refractivity contribution in [2.24, 2.45) is 0 Å². The summed E-state index contributed by atoms with van der Waals surface area (Å²) in [5.41, 5.74) is 1.93. The summed E-state index contributed by atoms with van der Waals surface area (Å²) >= 11 is 0. The summed E-state index contributed by atoms with van der Waals surface area (Å²) in [5.74, 6) is 0.463. The number of sulfonamides is 1. The maximum absolute atomic E-state index is 12.9. The molecule has 1 N–H and O–H groups in total. The molecule has 3 rings (SSSR count). The van der Waals surface area contributed by atoms with E-state index < -0.39 is 10.0 Å². The van der Waals surface area contributed by atoms with Crippen LogP contribution in [-0.2, 0) is 10.0 Å². The predicted octanol–water partition coefficient (Wildman–Crippen LogP) is 3.82. The van der Waals surface area contributed by atoms with Crippen molar-refractivity contribution in [3.63, 3.8) is 0 Å². The smallest absolute Gasteiger partial charge is 0.255 e. The molecule has 6 nitrogen and oxygen atoms in total. The first-order valence-corrected chi connectivity index (χ1v) is 10.9. The average molecular weight is 403 g/mol. The lowest BCUT2D eigenvalue weighted by atomic mass is 10.1. The first-order valence-electron chi connectivity index (χ1n) is 9.44. The van der Waals surface area contributed by atoms with E-state index in [9.17, 15) is 13.2 Å². The van der Waals surface area contributed by atoms with Crippen LogP contribution in [-0.4, -0.2) is 38.3 Å². The minimum atomic E-state index is -3.50. The molecule has 1 saturated heterocycles. The van der Waals surface area contributed by atoms with E-state index in [0.717, 1.165) is 30.6 Å². The average Bonchev–Trinajstić information content (AvgIpc) is 3.18. The third kappa shape index (κ3) is 4.05. The topological polar surface area (TPSA) is 75.7 Å².